The van der Waals surface area contributed by atoms with E-state index in [1.165, 1.54) is 0 Å². The molecule has 2 heterocycles. The summed E-state index contributed by atoms with van der Waals surface area (Å²) in [5, 5.41) is 9.33. The summed E-state index contributed by atoms with van der Waals surface area (Å²) in [4.78, 5) is 16.4. The van der Waals surface area contributed by atoms with E-state index in [4.69, 9.17) is 0 Å². The van der Waals surface area contributed by atoms with Crippen LogP contribution in [0.4, 0.5) is 0 Å². The van der Waals surface area contributed by atoms with E-state index in [-0.39, 0.29) is 17.9 Å². The predicted molar refractivity (Wildman–Crippen MR) is 69.0 cm³/mol. The van der Waals surface area contributed by atoms with Gasteiger partial charge in [-0.3, -0.25) is 4.79 Å². The summed E-state index contributed by atoms with van der Waals surface area (Å²) in [5.74, 6) is 0.339. The van der Waals surface area contributed by atoms with E-state index in [1.54, 1.807) is 11.3 Å². The number of thiazole rings is 1. The molecule has 94 valence electrons. The standard InChI is InChI=1S/C12H19N3OS/c1-8-7-17-12(14-8)9(2)15-11(16)10-3-5-13-6-4-10/h7,9-10,13H,3-6H2,1-2H3,(H,15,16). The van der Waals surface area contributed by atoms with Crippen molar-refractivity contribution >= 4 is 17.2 Å². The van der Waals surface area contributed by atoms with Crippen LogP contribution in [-0.4, -0.2) is 24.0 Å². The van der Waals surface area contributed by atoms with E-state index in [1.807, 2.05) is 19.2 Å². The fourth-order valence-electron chi connectivity index (χ4n) is 2.05. The summed E-state index contributed by atoms with van der Waals surface area (Å²) < 4.78 is 0. The van der Waals surface area contributed by atoms with E-state index in [9.17, 15) is 4.79 Å². The van der Waals surface area contributed by atoms with Crippen LogP contribution in [0.3, 0.4) is 0 Å². The van der Waals surface area contributed by atoms with Crippen molar-refractivity contribution < 1.29 is 4.79 Å². The molecule has 0 bridgehead atoms. The van der Waals surface area contributed by atoms with Crippen LogP contribution in [0.1, 0.15) is 36.5 Å². The predicted octanol–water partition coefficient (Wildman–Crippen LogP) is 1.63. The summed E-state index contributed by atoms with van der Waals surface area (Å²) in [6.45, 7) is 5.87. The lowest BCUT2D eigenvalue weighted by molar-refractivity contribution is -0.126. The van der Waals surface area contributed by atoms with Crippen LogP contribution < -0.4 is 10.6 Å². The van der Waals surface area contributed by atoms with Crippen molar-refractivity contribution in [3.05, 3.63) is 16.1 Å². The molecule has 0 saturated carbocycles. The third-order valence-electron chi connectivity index (χ3n) is 3.08. The number of aryl methyl sites for hydroxylation is 1. The molecule has 0 aliphatic carbocycles. The zero-order valence-corrected chi connectivity index (χ0v) is 11.1. The smallest absolute Gasteiger partial charge is 0.223 e. The minimum absolute atomic E-state index is 0.0242. The first-order valence-corrected chi connectivity index (χ1v) is 6.98. The molecule has 17 heavy (non-hydrogen) atoms. The molecule has 1 aliphatic heterocycles. The average Bonchev–Trinajstić information content (AvgIpc) is 2.77. The monoisotopic (exact) mass is 253 g/mol. The van der Waals surface area contributed by atoms with Crippen LogP contribution in [0.15, 0.2) is 5.38 Å². The molecule has 1 aliphatic rings. The van der Waals surface area contributed by atoms with Crippen molar-refractivity contribution in [2.45, 2.75) is 32.7 Å². The first kappa shape index (κ1) is 12.5. The SMILES string of the molecule is Cc1csc(C(C)NC(=O)C2CCNCC2)n1. The van der Waals surface area contributed by atoms with Crippen molar-refractivity contribution in [3.63, 3.8) is 0 Å². The van der Waals surface area contributed by atoms with Gasteiger partial charge in [-0.2, -0.15) is 0 Å². The fraction of sp³-hybridized carbons (Fsp3) is 0.667. The van der Waals surface area contributed by atoms with Crippen LogP contribution in [0.5, 0.6) is 0 Å². The number of piperidine rings is 1. The largest absolute Gasteiger partial charge is 0.347 e. The summed E-state index contributed by atoms with van der Waals surface area (Å²) >= 11 is 1.61. The molecule has 0 spiro atoms. The molecular formula is C12H19N3OS. The fourth-order valence-corrected chi connectivity index (χ4v) is 2.85. The van der Waals surface area contributed by atoms with Crippen LogP contribution in [0, 0.1) is 12.8 Å². The number of amides is 1. The molecule has 1 amide bonds. The van der Waals surface area contributed by atoms with Gasteiger partial charge in [0.25, 0.3) is 0 Å². The molecule has 0 radical (unpaired) electrons. The number of nitrogens with zero attached hydrogens (tertiary/aromatic N) is 1. The van der Waals surface area contributed by atoms with Gasteiger partial charge in [-0.1, -0.05) is 0 Å². The van der Waals surface area contributed by atoms with Gasteiger partial charge in [-0.15, -0.1) is 11.3 Å². The lowest BCUT2D eigenvalue weighted by atomic mass is 9.97. The first-order chi connectivity index (χ1) is 8.16. The molecule has 2 rings (SSSR count). The van der Waals surface area contributed by atoms with Gasteiger partial charge in [0.15, 0.2) is 0 Å². The van der Waals surface area contributed by atoms with Crippen molar-refractivity contribution in [1.29, 1.82) is 0 Å². The van der Waals surface area contributed by atoms with Crippen molar-refractivity contribution in [1.82, 2.24) is 15.6 Å². The third kappa shape index (κ3) is 3.26. The number of rotatable bonds is 3. The number of hydrogen-bond acceptors (Lipinski definition) is 4. The van der Waals surface area contributed by atoms with E-state index < -0.39 is 0 Å². The summed E-state index contributed by atoms with van der Waals surface area (Å²) in [6, 6.07) is 0.0242. The normalized spacial score (nSPS) is 18.9. The number of nitrogens with one attached hydrogen (secondary N) is 2. The maximum absolute atomic E-state index is 12.0. The topological polar surface area (TPSA) is 54.0 Å². The van der Waals surface area contributed by atoms with Gasteiger partial charge in [0.2, 0.25) is 5.91 Å². The van der Waals surface area contributed by atoms with Gasteiger partial charge in [0, 0.05) is 17.0 Å². The molecule has 1 atom stereocenters. The Morgan fingerprint density at radius 1 is 1.59 bits per heavy atom. The highest BCUT2D eigenvalue weighted by molar-refractivity contribution is 7.09. The van der Waals surface area contributed by atoms with Crippen molar-refractivity contribution in [2.24, 2.45) is 5.92 Å². The Labute approximate surface area is 106 Å². The zero-order chi connectivity index (χ0) is 12.3. The Balaban J connectivity index is 1.89. The third-order valence-corrected chi connectivity index (χ3v) is 4.22. The van der Waals surface area contributed by atoms with Crippen LogP contribution in [-0.2, 0) is 4.79 Å². The minimum atomic E-state index is 0.0242. The second-order valence-electron chi connectivity index (χ2n) is 4.58. The summed E-state index contributed by atoms with van der Waals surface area (Å²) in [6.07, 6.45) is 1.88. The molecular weight excluding hydrogens is 234 g/mol. The van der Waals surface area contributed by atoms with Crippen molar-refractivity contribution in [2.75, 3.05) is 13.1 Å². The molecule has 1 fully saturated rings. The van der Waals surface area contributed by atoms with Crippen molar-refractivity contribution in [3.8, 4) is 0 Å². The van der Waals surface area contributed by atoms with Gasteiger partial charge in [0.1, 0.15) is 5.01 Å². The van der Waals surface area contributed by atoms with Crippen LogP contribution >= 0.6 is 11.3 Å². The maximum atomic E-state index is 12.0. The zero-order valence-electron chi connectivity index (χ0n) is 10.3. The Hall–Kier alpha value is -0.940. The molecule has 5 heteroatoms. The number of carbonyl (C=O) groups excluding carboxylic acids is 1. The summed E-state index contributed by atoms with van der Waals surface area (Å²) in [7, 11) is 0. The Morgan fingerprint density at radius 2 is 2.29 bits per heavy atom. The number of carbonyl (C=O) groups is 1. The van der Waals surface area contributed by atoms with Gasteiger partial charge in [-0.25, -0.2) is 4.98 Å². The molecule has 4 nitrogen and oxygen atoms in total. The van der Waals surface area contributed by atoms with Gasteiger partial charge < -0.3 is 10.6 Å². The lowest BCUT2D eigenvalue weighted by Crippen LogP contribution is -2.39. The minimum Gasteiger partial charge on any atom is -0.347 e. The highest BCUT2D eigenvalue weighted by atomic mass is 32.1. The van der Waals surface area contributed by atoms with E-state index >= 15 is 0 Å². The lowest BCUT2D eigenvalue weighted by Gasteiger charge is -2.23. The van der Waals surface area contributed by atoms with E-state index in [0.717, 1.165) is 36.6 Å². The van der Waals surface area contributed by atoms with Gasteiger partial charge in [0.05, 0.1) is 6.04 Å². The molecule has 1 unspecified atom stereocenters. The van der Waals surface area contributed by atoms with Crippen LogP contribution in [0.25, 0.3) is 0 Å². The molecule has 1 saturated heterocycles. The first-order valence-electron chi connectivity index (χ1n) is 6.10. The van der Waals surface area contributed by atoms with Gasteiger partial charge >= 0.3 is 0 Å². The van der Waals surface area contributed by atoms with E-state index in [2.05, 4.69) is 15.6 Å². The quantitative estimate of drug-likeness (QED) is 0.861. The maximum Gasteiger partial charge on any atom is 0.223 e. The number of aromatic nitrogens is 1. The highest BCUT2D eigenvalue weighted by Gasteiger charge is 2.23. The Bertz CT molecular complexity index is 385. The molecule has 0 aromatic carbocycles. The van der Waals surface area contributed by atoms with Gasteiger partial charge in [-0.05, 0) is 39.8 Å². The average molecular weight is 253 g/mol. The Kier molecular flexibility index (Phi) is 4.12. The molecule has 1 aromatic rings. The second kappa shape index (κ2) is 5.60. The highest BCUT2D eigenvalue weighted by Crippen LogP contribution is 2.19. The summed E-state index contributed by atoms with van der Waals surface area (Å²) in [5.41, 5.74) is 1.02. The number of hydrogen-bond donors (Lipinski definition) is 2. The molecule has 1 aromatic heterocycles. The Morgan fingerprint density at radius 3 is 2.88 bits per heavy atom. The second-order valence-corrected chi connectivity index (χ2v) is 5.47. The van der Waals surface area contributed by atoms with E-state index in [0.29, 0.717) is 0 Å². The molecule has 2 N–H and O–H groups in total. The van der Waals surface area contributed by atoms with Crippen LogP contribution in [0.2, 0.25) is 0 Å².